The highest BCUT2D eigenvalue weighted by Crippen LogP contribution is 2.42. The predicted octanol–water partition coefficient (Wildman–Crippen LogP) is 5.63. The van der Waals surface area contributed by atoms with Gasteiger partial charge in [-0.1, -0.05) is 23.8 Å². The molecule has 0 aliphatic heterocycles. The third kappa shape index (κ3) is 3.27. The van der Waals surface area contributed by atoms with Gasteiger partial charge in [-0.05, 0) is 38.5 Å². The van der Waals surface area contributed by atoms with Crippen molar-refractivity contribution in [3.8, 4) is 28.6 Å². The molecule has 3 rings (SSSR count). The molecule has 2 aromatic carbocycles. The second-order valence-electron chi connectivity index (χ2n) is 6.30. The smallest absolute Gasteiger partial charge is 0.142 e. The molecular formula is C22H24O4. The Morgan fingerprint density at radius 2 is 1.69 bits per heavy atom. The van der Waals surface area contributed by atoms with E-state index in [0.29, 0.717) is 0 Å². The maximum absolute atomic E-state index is 6.11. The van der Waals surface area contributed by atoms with Crippen LogP contribution in [0.3, 0.4) is 0 Å². The third-order valence-electron chi connectivity index (χ3n) is 4.35. The third-order valence-corrected chi connectivity index (χ3v) is 4.35. The van der Waals surface area contributed by atoms with Crippen LogP contribution in [0.15, 0.2) is 52.5 Å². The van der Waals surface area contributed by atoms with Crippen molar-refractivity contribution < 1.29 is 18.6 Å². The lowest BCUT2D eigenvalue weighted by atomic mass is 10.0. The van der Waals surface area contributed by atoms with Gasteiger partial charge in [0.05, 0.1) is 32.3 Å². The number of ether oxygens (including phenoxy) is 3. The van der Waals surface area contributed by atoms with Crippen molar-refractivity contribution in [1.29, 1.82) is 0 Å². The van der Waals surface area contributed by atoms with Gasteiger partial charge >= 0.3 is 0 Å². The summed E-state index contributed by atoms with van der Waals surface area (Å²) in [4.78, 5) is 0. The van der Waals surface area contributed by atoms with Gasteiger partial charge in [0, 0.05) is 11.6 Å². The minimum absolute atomic E-state index is 0.723. The zero-order valence-electron chi connectivity index (χ0n) is 15.9. The molecule has 0 N–H and O–H groups in total. The lowest BCUT2D eigenvalue weighted by Crippen LogP contribution is -1.96. The van der Waals surface area contributed by atoms with E-state index < -0.39 is 0 Å². The normalized spacial score (nSPS) is 10.7. The van der Waals surface area contributed by atoms with Crippen LogP contribution < -0.4 is 14.2 Å². The summed E-state index contributed by atoms with van der Waals surface area (Å²) in [5, 5.41) is 0.923. The monoisotopic (exact) mass is 352 g/mol. The molecule has 0 fully saturated rings. The molecule has 0 aliphatic carbocycles. The van der Waals surface area contributed by atoms with Crippen LogP contribution in [0.2, 0.25) is 0 Å². The maximum atomic E-state index is 6.11. The van der Waals surface area contributed by atoms with Crippen molar-refractivity contribution in [1.82, 2.24) is 0 Å². The molecule has 0 aliphatic rings. The molecule has 3 aromatic rings. The van der Waals surface area contributed by atoms with Crippen molar-refractivity contribution in [3.63, 3.8) is 0 Å². The minimum Gasteiger partial charge on any atom is -0.496 e. The first kappa shape index (κ1) is 17.9. The fourth-order valence-corrected chi connectivity index (χ4v) is 3.07. The van der Waals surface area contributed by atoms with Gasteiger partial charge in [0.15, 0.2) is 0 Å². The van der Waals surface area contributed by atoms with Gasteiger partial charge in [0.2, 0.25) is 0 Å². The number of hydrogen-bond acceptors (Lipinski definition) is 4. The van der Waals surface area contributed by atoms with Crippen LogP contribution in [0.4, 0.5) is 0 Å². The Kier molecular flexibility index (Phi) is 5.21. The highest BCUT2D eigenvalue weighted by Gasteiger charge is 2.19. The first-order chi connectivity index (χ1) is 12.6. The van der Waals surface area contributed by atoms with Crippen LogP contribution in [0.1, 0.15) is 19.4 Å². The Hall–Kier alpha value is -2.88. The number of fused-ring (bicyclic) bond motifs is 1. The van der Waals surface area contributed by atoms with Crippen molar-refractivity contribution in [2.45, 2.75) is 20.3 Å². The van der Waals surface area contributed by atoms with Crippen molar-refractivity contribution >= 4 is 11.0 Å². The second kappa shape index (κ2) is 7.56. The molecule has 0 saturated carbocycles. The van der Waals surface area contributed by atoms with E-state index in [1.54, 1.807) is 21.3 Å². The van der Waals surface area contributed by atoms with Crippen LogP contribution in [0, 0.1) is 0 Å². The summed E-state index contributed by atoms with van der Waals surface area (Å²) in [6, 6.07) is 11.7. The van der Waals surface area contributed by atoms with E-state index in [9.17, 15) is 0 Å². The van der Waals surface area contributed by atoms with E-state index in [2.05, 4.69) is 19.9 Å². The Balaban J connectivity index is 2.22. The summed E-state index contributed by atoms with van der Waals surface area (Å²) in [6.45, 7) is 4.16. The fraction of sp³-hybridized carbons (Fsp3) is 0.273. The zero-order chi connectivity index (χ0) is 18.7. The summed E-state index contributed by atoms with van der Waals surface area (Å²) in [5.74, 6) is 3.04. The van der Waals surface area contributed by atoms with Gasteiger partial charge in [-0.25, -0.2) is 0 Å². The van der Waals surface area contributed by atoms with Crippen LogP contribution in [0.5, 0.6) is 17.2 Å². The average Bonchev–Trinajstić information content (AvgIpc) is 3.08. The van der Waals surface area contributed by atoms with Gasteiger partial charge in [-0.3, -0.25) is 0 Å². The van der Waals surface area contributed by atoms with Gasteiger partial charge in [0.1, 0.15) is 28.6 Å². The number of benzene rings is 2. The number of furan rings is 1. The Morgan fingerprint density at radius 1 is 0.962 bits per heavy atom. The van der Waals surface area contributed by atoms with Crippen LogP contribution >= 0.6 is 0 Å². The largest absolute Gasteiger partial charge is 0.496 e. The van der Waals surface area contributed by atoms with E-state index in [0.717, 1.165) is 51.5 Å². The standard InChI is InChI=1S/C22H24O4/c1-14(2)10-11-16-19(24-4)13-21-17(22(16)25-5)12-20(26-21)15-8-6-7-9-18(15)23-3/h6-10,12-13H,11H2,1-5H3. The number of methoxy groups -OCH3 is 3. The zero-order valence-corrected chi connectivity index (χ0v) is 15.9. The van der Waals surface area contributed by atoms with Crippen molar-refractivity contribution in [2.75, 3.05) is 21.3 Å². The first-order valence-corrected chi connectivity index (χ1v) is 8.53. The minimum atomic E-state index is 0.723. The molecular weight excluding hydrogens is 328 g/mol. The summed E-state index contributed by atoms with van der Waals surface area (Å²) < 4.78 is 22.9. The summed E-state index contributed by atoms with van der Waals surface area (Å²) in [5.41, 5.74) is 3.88. The molecule has 1 heterocycles. The Labute approximate surface area is 154 Å². The molecule has 0 amide bonds. The highest BCUT2D eigenvalue weighted by molar-refractivity contribution is 5.92. The van der Waals surface area contributed by atoms with Crippen LogP contribution in [0.25, 0.3) is 22.3 Å². The van der Waals surface area contributed by atoms with Crippen molar-refractivity contribution in [3.05, 3.63) is 53.6 Å². The van der Waals surface area contributed by atoms with E-state index in [-0.39, 0.29) is 0 Å². The molecule has 0 saturated heterocycles. The van der Waals surface area contributed by atoms with Crippen LogP contribution in [-0.4, -0.2) is 21.3 Å². The summed E-state index contributed by atoms with van der Waals surface area (Å²) in [6.07, 6.45) is 2.90. The topological polar surface area (TPSA) is 40.8 Å². The average molecular weight is 352 g/mol. The summed E-state index contributed by atoms with van der Waals surface area (Å²) >= 11 is 0. The van der Waals surface area contributed by atoms with Crippen molar-refractivity contribution in [2.24, 2.45) is 0 Å². The molecule has 26 heavy (non-hydrogen) atoms. The fourth-order valence-electron chi connectivity index (χ4n) is 3.07. The summed E-state index contributed by atoms with van der Waals surface area (Å²) in [7, 11) is 5.00. The number of para-hydroxylation sites is 1. The molecule has 0 spiro atoms. The maximum Gasteiger partial charge on any atom is 0.142 e. The van der Waals surface area contributed by atoms with Gasteiger partial charge in [-0.2, -0.15) is 0 Å². The quantitative estimate of drug-likeness (QED) is 0.539. The van der Waals surface area contributed by atoms with E-state index in [4.69, 9.17) is 18.6 Å². The Morgan fingerprint density at radius 3 is 2.35 bits per heavy atom. The molecule has 1 aromatic heterocycles. The van der Waals surface area contributed by atoms with Crippen LogP contribution in [-0.2, 0) is 6.42 Å². The molecule has 4 heteroatoms. The number of rotatable bonds is 6. The van der Waals surface area contributed by atoms with E-state index in [1.165, 1.54) is 5.57 Å². The molecule has 0 unspecified atom stereocenters. The molecule has 0 bridgehead atoms. The second-order valence-corrected chi connectivity index (χ2v) is 6.30. The Bertz CT molecular complexity index is 946. The van der Waals surface area contributed by atoms with E-state index >= 15 is 0 Å². The first-order valence-electron chi connectivity index (χ1n) is 8.53. The lowest BCUT2D eigenvalue weighted by molar-refractivity contribution is 0.390. The number of allylic oxidation sites excluding steroid dienone is 2. The predicted molar refractivity (Wildman–Crippen MR) is 104 cm³/mol. The molecule has 0 radical (unpaired) electrons. The number of hydrogen-bond donors (Lipinski definition) is 0. The van der Waals surface area contributed by atoms with Gasteiger partial charge in [0.25, 0.3) is 0 Å². The van der Waals surface area contributed by atoms with Gasteiger partial charge in [-0.15, -0.1) is 0 Å². The molecule has 136 valence electrons. The SMILES string of the molecule is COc1ccccc1-c1cc2c(OC)c(CC=C(C)C)c(OC)cc2o1. The molecule has 4 nitrogen and oxygen atoms in total. The highest BCUT2D eigenvalue weighted by atomic mass is 16.5. The van der Waals surface area contributed by atoms with Gasteiger partial charge < -0.3 is 18.6 Å². The lowest BCUT2D eigenvalue weighted by Gasteiger charge is -2.12. The molecule has 0 atom stereocenters. The van der Waals surface area contributed by atoms with E-state index in [1.807, 2.05) is 36.4 Å².